The van der Waals surface area contributed by atoms with Crippen LogP contribution in [0, 0.1) is 5.82 Å². The molecule has 1 heterocycles. The standard InChI is InChI=1S/C18H17FN2O2S/c1-3-21-14-9-4-5-10-15(14)24-18(2,17(21)23)16(22)20-13-8-6-7-12(19)11-13/h4-11H,3H2,1-2H3,(H,20,22). The van der Waals surface area contributed by atoms with Crippen molar-refractivity contribution in [1.82, 2.24) is 0 Å². The molecule has 0 saturated heterocycles. The van der Waals surface area contributed by atoms with Gasteiger partial charge in [-0.05, 0) is 44.2 Å². The third-order valence-corrected chi connectivity index (χ3v) is 5.29. The van der Waals surface area contributed by atoms with Crippen molar-refractivity contribution >= 4 is 35.0 Å². The number of hydrogen-bond donors (Lipinski definition) is 1. The van der Waals surface area contributed by atoms with Crippen molar-refractivity contribution in [3.8, 4) is 0 Å². The molecular weight excluding hydrogens is 327 g/mol. The number of anilines is 2. The zero-order chi connectivity index (χ0) is 17.3. The number of carbonyl (C=O) groups is 2. The van der Waals surface area contributed by atoms with E-state index < -0.39 is 16.5 Å². The molecule has 2 aromatic carbocycles. The monoisotopic (exact) mass is 344 g/mol. The van der Waals surface area contributed by atoms with Gasteiger partial charge in [0, 0.05) is 17.1 Å². The lowest BCUT2D eigenvalue weighted by Gasteiger charge is -2.38. The van der Waals surface area contributed by atoms with Crippen LogP contribution in [0.4, 0.5) is 15.8 Å². The molecule has 1 unspecified atom stereocenters. The topological polar surface area (TPSA) is 49.4 Å². The highest BCUT2D eigenvalue weighted by molar-refractivity contribution is 8.02. The Kier molecular flexibility index (Phi) is 4.32. The zero-order valence-corrected chi connectivity index (χ0v) is 14.2. The van der Waals surface area contributed by atoms with Crippen molar-refractivity contribution in [3.63, 3.8) is 0 Å². The van der Waals surface area contributed by atoms with Gasteiger partial charge in [0.25, 0.3) is 5.91 Å². The fraction of sp³-hybridized carbons (Fsp3) is 0.222. The summed E-state index contributed by atoms with van der Waals surface area (Å²) in [4.78, 5) is 28.2. The quantitative estimate of drug-likeness (QED) is 0.864. The number of hydrogen-bond acceptors (Lipinski definition) is 3. The molecule has 124 valence electrons. The minimum absolute atomic E-state index is 0.275. The van der Waals surface area contributed by atoms with Gasteiger partial charge in [-0.15, -0.1) is 0 Å². The molecule has 4 nitrogen and oxygen atoms in total. The van der Waals surface area contributed by atoms with Crippen molar-refractivity contribution < 1.29 is 14.0 Å². The van der Waals surface area contributed by atoms with Gasteiger partial charge >= 0.3 is 0 Å². The Bertz CT molecular complexity index is 811. The highest BCUT2D eigenvalue weighted by atomic mass is 32.2. The van der Waals surface area contributed by atoms with Crippen LogP contribution in [0.1, 0.15) is 13.8 Å². The Hall–Kier alpha value is -2.34. The molecule has 0 aromatic heterocycles. The highest BCUT2D eigenvalue weighted by Crippen LogP contribution is 2.45. The van der Waals surface area contributed by atoms with E-state index in [0.717, 1.165) is 10.6 Å². The van der Waals surface area contributed by atoms with Crippen LogP contribution in [0.15, 0.2) is 53.4 Å². The number of rotatable bonds is 3. The number of nitrogens with one attached hydrogen (secondary N) is 1. The number of thioether (sulfide) groups is 1. The minimum Gasteiger partial charge on any atom is -0.324 e. The van der Waals surface area contributed by atoms with Crippen molar-refractivity contribution in [2.24, 2.45) is 0 Å². The van der Waals surface area contributed by atoms with E-state index >= 15 is 0 Å². The summed E-state index contributed by atoms with van der Waals surface area (Å²) in [5.74, 6) is -1.18. The van der Waals surface area contributed by atoms with Gasteiger partial charge in [-0.1, -0.05) is 30.0 Å². The van der Waals surface area contributed by atoms with Crippen LogP contribution in [-0.2, 0) is 9.59 Å². The van der Waals surface area contributed by atoms with Crippen LogP contribution in [-0.4, -0.2) is 23.1 Å². The fourth-order valence-electron chi connectivity index (χ4n) is 2.67. The lowest BCUT2D eigenvalue weighted by molar-refractivity contribution is -0.128. The van der Waals surface area contributed by atoms with E-state index in [-0.39, 0.29) is 5.91 Å². The first-order valence-corrected chi connectivity index (χ1v) is 8.44. The number of carbonyl (C=O) groups excluding carboxylic acids is 2. The van der Waals surface area contributed by atoms with Crippen molar-refractivity contribution in [3.05, 3.63) is 54.3 Å². The van der Waals surface area contributed by atoms with Crippen LogP contribution < -0.4 is 10.2 Å². The van der Waals surface area contributed by atoms with Crippen molar-refractivity contribution in [2.45, 2.75) is 23.5 Å². The molecule has 6 heteroatoms. The minimum atomic E-state index is -1.31. The molecule has 2 amide bonds. The summed E-state index contributed by atoms with van der Waals surface area (Å²) in [5, 5.41) is 2.65. The fourth-order valence-corrected chi connectivity index (χ4v) is 3.88. The van der Waals surface area contributed by atoms with Gasteiger partial charge in [-0.2, -0.15) is 0 Å². The van der Waals surface area contributed by atoms with Gasteiger partial charge in [0.1, 0.15) is 5.82 Å². The summed E-state index contributed by atoms with van der Waals surface area (Å²) in [6, 6.07) is 13.1. The zero-order valence-electron chi connectivity index (χ0n) is 13.4. The molecule has 1 aliphatic heterocycles. The van der Waals surface area contributed by atoms with Gasteiger partial charge in [-0.3, -0.25) is 9.59 Å². The number of amides is 2. The molecule has 2 aromatic rings. The molecular formula is C18H17FN2O2S. The second-order valence-corrected chi connectivity index (χ2v) is 7.08. The number of halogens is 1. The molecule has 0 bridgehead atoms. The first-order valence-electron chi connectivity index (χ1n) is 7.62. The molecule has 1 atom stereocenters. The summed E-state index contributed by atoms with van der Waals surface area (Å²) in [7, 11) is 0. The number of benzene rings is 2. The van der Waals surface area contributed by atoms with Crippen LogP contribution in [0.2, 0.25) is 0 Å². The van der Waals surface area contributed by atoms with Crippen LogP contribution >= 0.6 is 11.8 Å². The van der Waals surface area contributed by atoms with E-state index in [4.69, 9.17) is 0 Å². The first-order chi connectivity index (χ1) is 11.5. The number of fused-ring (bicyclic) bond motifs is 1. The van der Waals surface area contributed by atoms with Gasteiger partial charge in [0.15, 0.2) is 4.75 Å². The maximum atomic E-state index is 13.3. The summed E-state index contributed by atoms with van der Waals surface area (Å²) in [5.41, 5.74) is 1.14. The molecule has 0 radical (unpaired) electrons. The summed E-state index contributed by atoms with van der Waals surface area (Å²) in [6.07, 6.45) is 0. The Morgan fingerprint density at radius 3 is 2.71 bits per heavy atom. The normalized spacial score (nSPS) is 19.8. The second kappa shape index (κ2) is 6.28. The smallest absolute Gasteiger partial charge is 0.252 e. The molecule has 0 saturated carbocycles. The van der Waals surface area contributed by atoms with E-state index in [2.05, 4.69) is 5.32 Å². The predicted octanol–water partition coefficient (Wildman–Crippen LogP) is 3.68. The molecule has 1 N–H and O–H groups in total. The van der Waals surface area contributed by atoms with E-state index in [1.54, 1.807) is 17.9 Å². The lowest BCUT2D eigenvalue weighted by Crippen LogP contribution is -2.54. The molecule has 3 rings (SSSR count). The SMILES string of the molecule is CCN1C(=O)C(C)(C(=O)Nc2cccc(F)c2)Sc2ccccc21. The second-order valence-electron chi connectivity index (χ2n) is 5.62. The number of para-hydroxylation sites is 1. The van der Waals surface area contributed by atoms with E-state index in [1.165, 1.54) is 30.0 Å². The first kappa shape index (κ1) is 16.5. The van der Waals surface area contributed by atoms with Crippen molar-refractivity contribution in [2.75, 3.05) is 16.8 Å². The summed E-state index contributed by atoms with van der Waals surface area (Å²) >= 11 is 1.22. The third kappa shape index (κ3) is 2.78. The molecule has 0 spiro atoms. The largest absolute Gasteiger partial charge is 0.324 e. The summed E-state index contributed by atoms with van der Waals surface area (Å²) < 4.78 is 12.0. The average Bonchev–Trinajstić information content (AvgIpc) is 2.56. The maximum Gasteiger partial charge on any atom is 0.252 e. The Morgan fingerprint density at radius 2 is 2.00 bits per heavy atom. The molecule has 1 aliphatic rings. The predicted molar refractivity (Wildman–Crippen MR) is 93.8 cm³/mol. The maximum absolute atomic E-state index is 13.3. The Morgan fingerprint density at radius 1 is 1.25 bits per heavy atom. The van der Waals surface area contributed by atoms with Crippen LogP contribution in [0.25, 0.3) is 0 Å². The van der Waals surface area contributed by atoms with Crippen LogP contribution in [0.3, 0.4) is 0 Å². The Balaban J connectivity index is 1.94. The lowest BCUT2D eigenvalue weighted by atomic mass is 10.1. The molecule has 0 aliphatic carbocycles. The van der Waals surface area contributed by atoms with Gasteiger partial charge < -0.3 is 10.2 Å². The molecule has 0 fully saturated rings. The number of nitrogens with zero attached hydrogens (tertiary/aromatic N) is 1. The highest BCUT2D eigenvalue weighted by Gasteiger charge is 2.48. The van der Waals surface area contributed by atoms with Gasteiger partial charge in [0.2, 0.25) is 5.91 Å². The average molecular weight is 344 g/mol. The Labute approximate surface area is 144 Å². The third-order valence-electron chi connectivity index (χ3n) is 3.96. The van der Waals surface area contributed by atoms with Crippen LogP contribution in [0.5, 0.6) is 0 Å². The summed E-state index contributed by atoms with van der Waals surface area (Å²) in [6.45, 7) is 3.95. The van der Waals surface area contributed by atoms with Gasteiger partial charge in [-0.25, -0.2) is 4.39 Å². The van der Waals surface area contributed by atoms with Gasteiger partial charge in [0.05, 0.1) is 5.69 Å². The van der Waals surface area contributed by atoms with E-state index in [1.807, 2.05) is 31.2 Å². The van der Waals surface area contributed by atoms with E-state index in [0.29, 0.717) is 12.2 Å². The van der Waals surface area contributed by atoms with E-state index in [9.17, 15) is 14.0 Å². The molecule has 24 heavy (non-hydrogen) atoms. The van der Waals surface area contributed by atoms with Crippen molar-refractivity contribution in [1.29, 1.82) is 0 Å².